The molecule has 0 unspecified atom stereocenters. The number of benzene rings is 1. The van der Waals surface area contributed by atoms with Crippen molar-refractivity contribution in [3.05, 3.63) is 22.7 Å². The summed E-state index contributed by atoms with van der Waals surface area (Å²) in [5, 5.41) is 12.0. The van der Waals surface area contributed by atoms with E-state index >= 15 is 0 Å². The van der Waals surface area contributed by atoms with Crippen LogP contribution in [-0.4, -0.2) is 31.6 Å². The molecule has 0 saturated carbocycles. The van der Waals surface area contributed by atoms with Gasteiger partial charge in [-0.05, 0) is 12.1 Å². The number of oxime groups is 1. The third-order valence-electron chi connectivity index (χ3n) is 2.32. The second kappa shape index (κ2) is 3.98. The molecule has 0 spiro atoms. The highest BCUT2D eigenvalue weighted by atomic mass is 35.5. The monoisotopic (exact) mass is 226 g/mol. The molecule has 5 heteroatoms. The Labute approximate surface area is 92.7 Å². The zero-order chi connectivity index (χ0) is 10.8. The number of hydrogen-bond acceptors (Lipinski definition) is 4. The molecule has 1 aliphatic rings. The highest BCUT2D eigenvalue weighted by Gasteiger charge is 2.18. The van der Waals surface area contributed by atoms with E-state index in [1.165, 1.54) is 6.21 Å². The van der Waals surface area contributed by atoms with Gasteiger partial charge in [0, 0.05) is 12.6 Å². The Balaban J connectivity index is 2.50. The van der Waals surface area contributed by atoms with Gasteiger partial charge in [0.15, 0.2) is 0 Å². The number of hydrogen-bond donors (Lipinski definition) is 1. The molecule has 1 heterocycles. The summed E-state index contributed by atoms with van der Waals surface area (Å²) in [7, 11) is 1.97. The van der Waals surface area contributed by atoms with Gasteiger partial charge in [-0.3, -0.25) is 0 Å². The van der Waals surface area contributed by atoms with Crippen LogP contribution in [-0.2, 0) is 0 Å². The molecule has 0 fully saturated rings. The first-order valence-electron chi connectivity index (χ1n) is 4.57. The van der Waals surface area contributed by atoms with Crippen LogP contribution in [0.5, 0.6) is 5.75 Å². The molecule has 0 aromatic heterocycles. The van der Waals surface area contributed by atoms with E-state index < -0.39 is 0 Å². The van der Waals surface area contributed by atoms with Gasteiger partial charge in [0.1, 0.15) is 12.4 Å². The molecule has 2 rings (SSSR count). The molecule has 1 aromatic rings. The molecule has 4 nitrogen and oxygen atoms in total. The van der Waals surface area contributed by atoms with Crippen molar-refractivity contribution in [1.29, 1.82) is 0 Å². The Kier molecular flexibility index (Phi) is 2.68. The average molecular weight is 227 g/mol. The van der Waals surface area contributed by atoms with Crippen LogP contribution in [0.4, 0.5) is 5.69 Å². The van der Waals surface area contributed by atoms with Crippen molar-refractivity contribution < 1.29 is 9.94 Å². The normalized spacial score (nSPS) is 15.2. The van der Waals surface area contributed by atoms with Gasteiger partial charge in [0.25, 0.3) is 0 Å². The lowest BCUT2D eigenvalue weighted by molar-refractivity contribution is 0.311. The van der Waals surface area contributed by atoms with Crippen LogP contribution in [0.25, 0.3) is 0 Å². The molecule has 0 radical (unpaired) electrons. The summed E-state index contributed by atoms with van der Waals surface area (Å²) in [6, 6.07) is 3.54. The van der Waals surface area contributed by atoms with E-state index in [1.54, 1.807) is 12.1 Å². The van der Waals surface area contributed by atoms with Crippen molar-refractivity contribution in [2.75, 3.05) is 25.1 Å². The van der Waals surface area contributed by atoms with Gasteiger partial charge in [-0.1, -0.05) is 16.8 Å². The molecule has 0 atom stereocenters. The van der Waals surface area contributed by atoms with Crippen LogP contribution < -0.4 is 9.64 Å². The summed E-state index contributed by atoms with van der Waals surface area (Å²) in [6.45, 7) is 1.46. The van der Waals surface area contributed by atoms with Crippen LogP contribution >= 0.6 is 11.6 Å². The third-order valence-corrected chi connectivity index (χ3v) is 2.61. The van der Waals surface area contributed by atoms with E-state index in [1.807, 2.05) is 11.9 Å². The van der Waals surface area contributed by atoms with Gasteiger partial charge in [-0.15, -0.1) is 0 Å². The molecule has 1 aliphatic heterocycles. The Morgan fingerprint density at radius 2 is 2.40 bits per heavy atom. The van der Waals surface area contributed by atoms with Crippen LogP contribution in [0.1, 0.15) is 5.56 Å². The van der Waals surface area contributed by atoms with E-state index in [2.05, 4.69) is 5.16 Å². The molecule has 0 aliphatic carbocycles. The fraction of sp³-hybridized carbons (Fsp3) is 0.300. The number of likely N-dealkylation sites (N-methyl/N-ethyl adjacent to an activating group) is 1. The lowest BCUT2D eigenvalue weighted by atomic mass is 10.1. The summed E-state index contributed by atoms with van der Waals surface area (Å²) in [5.74, 6) is 0.728. The fourth-order valence-corrected chi connectivity index (χ4v) is 1.98. The minimum atomic E-state index is 0.601. The van der Waals surface area contributed by atoms with Crippen molar-refractivity contribution in [2.45, 2.75) is 0 Å². The quantitative estimate of drug-likeness (QED) is 0.453. The maximum Gasteiger partial charge on any atom is 0.144 e. The molecular formula is C10H11ClN2O2. The number of nitrogens with zero attached hydrogens (tertiary/aromatic N) is 2. The number of fused-ring (bicyclic) bond motifs is 1. The summed E-state index contributed by atoms with van der Waals surface area (Å²) >= 11 is 6.11. The lowest BCUT2D eigenvalue weighted by Gasteiger charge is -2.28. The predicted octanol–water partition coefficient (Wildman–Crippen LogP) is 1.98. The first-order valence-corrected chi connectivity index (χ1v) is 4.95. The Bertz CT molecular complexity index is 407. The van der Waals surface area contributed by atoms with Gasteiger partial charge in [-0.2, -0.15) is 0 Å². The van der Waals surface area contributed by atoms with Crippen LogP contribution in [0, 0.1) is 0 Å². The zero-order valence-electron chi connectivity index (χ0n) is 8.27. The van der Waals surface area contributed by atoms with Crippen LogP contribution in [0.15, 0.2) is 17.3 Å². The maximum atomic E-state index is 8.44. The van der Waals surface area contributed by atoms with Gasteiger partial charge in [-0.25, -0.2) is 0 Å². The molecular weight excluding hydrogens is 216 g/mol. The molecule has 15 heavy (non-hydrogen) atoms. The number of halogens is 1. The second-order valence-electron chi connectivity index (χ2n) is 3.36. The number of rotatable bonds is 1. The van der Waals surface area contributed by atoms with E-state index in [4.69, 9.17) is 21.5 Å². The Morgan fingerprint density at radius 3 is 3.13 bits per heavy atom. The van der Waals surface area contributed by atoms with Crippen molar-refractivity contribution in [2.24, 2.45) is 5.16 Å². The highest BCUT2D eigenvalue weighted by molar-refractivity contribution is 6.34. The molecule has 80 valence electrons. The van der Waals surface area contributed by atoms with Gasteiger partial charge in [0.2, 0.25) is 0 Å². The number of anilines is 1. The maximum absolute atomic E-state index is 8.44. The highest BCUT2D eigenvalue weighted by Crippen LogP contribution is 2.38. The molecule has 0 bridgehead atoms. The fourth-order valence-electron chi connectivity index (χ4n) is 1.62. The minimum Gasteiger partial charge on any atom is -0.489 e. The molecule has 0 saturated heterocycles. The van der Waals surface area contributed by atoms with E-state index in [0.717, 1.165) is 23.5 Å². The summed E-state index contributed by atoms with van der Waals surface area (Å²) in [6.07, 6.45) is 1.32. The smallest absolute Gasteiger partial charge is 0.144 e. The molecule has 0 amide bonds. The van der Waals surface area contributed by atoms with Crippen molar-refractivity contribution in [1.82, 2.24) is 0 Å². The Morgan fingerprint density at radius 1 is 1.60 bits per heavy atom. The number of ether oxygens (including phenoxy) is 1. The van der Waals surface area contributed by atoms with Crippen molar-refractivity contribution in [3.63, 3.8) is 0 Å². The standard InChI is InChI=1S/C10H11ClN2O2/c1-13-2-3-15-9-5-7(6-12-14)4-8(11)10(9)13/h4-6,14H,2-3H2,1H3/b12-6-. The van der Waals surface area contributed by atoms with Gasteiger partial charge in [0.05, 0.1) is 23.5 Å². The zero-order valence-corrected chi connectivity index (χ0v) is 9.03. The lowest BCUT2D eigenvalue weighted by Crippen LogP contribution is -2.29. The van der Waals surface area contributed by atoms with Crippen molar-refractivity contribution >= 4 is 23.5 Å². The third kappa shape index (κ3) is 1.85. The first kappa shape index (κ1) is 10.1. The van der Waals surface area contributed by atoms with E-state index in [9.17, 15) is 0 Å². The first-order chi connectivity index (χ1) is 7.22. The van der Waals surface area contributed by atoms with Crippen molar-refractivity contribution in [3.8, 4) is 5.75 Å². The van der Waals surface area contributed by atoms with E-state index in [-0.39, 0.29) is 0 Å². The van der Waals surface area contributed by atoms with Crippen LogP contribution in [0.2, 0.25) is 5.02 Å². The van der Waals surface area contributed by atoms with E-state index in [0.29, 0.717) is 11.6 Å². The molecule has 1 aromatic carbocycles. The summed E-state index contributed by atoms with van der Waals surface area (Å²) < 4.78 is 5.49. The topological polar surface area (TPSA) is 45.1 Å². The van der Waals surface area contributed by atoms with Gasteiger partial charge < -0.3 is 14.8 Å². The SMILES string of the molecule is CN1CCOc2cc(/C=N\O)cc(Cl)c21. The van der Waals surface area contributed by atoms with Crippen LogP contribution in [0.3, 0.4) is 0 Å². The summed E-state index contributed by atoms with van der Waals surface area (Å²) in [4.78, 5) is 2.04. The predicted molar refractivity (Wildman–Crippen MR) is 59.6 cm³/mol. The second-order valence-corrected chi connectivity index (χ2v) is 3.77. The average Bonchev–Trinajstić information content (AvgIpc) is 2.17. The Hall–Kier alpha value is -1.42. The summed E-state index contributed by atoms with van der Waals surface area (Å²) in [5.41, 5.74) is 1.61. The van der Waals surface area contributed by atoms with Gasteiger partial charge >= 0.3 is 0 Å². The molecule has 1 N–H and O–H groups in total. The minimum absolute atomic E-state index is 0.601. The largest absolute Gasteiger partial charge is 0.489 e.